The fourth-order valence-corrected chi connectivity index (χ4v) is 2.73. The van der Waals surface area contributed by atoms with Gasteiger partial charge < -0.3 is 0 Å². The molecule has 2 heteroatoms. The topological polar surface area (TPSA) is 0 Å². The second-order valence-electron chi connectivity index (χ2n) is 2.57. The monoisotopic (exact) mass is 194 g/mol. The number of hydrogen-bond donors (Lipinski definition) is 0. The molecule has 0 radical (unpaired) electrons. The van der Waals surface area contributed by atoms with Gasteiger partial charge in [0.05, 0.1) is 0 Å². The molecule has 1 aliphatic rings. The molecule has 0 amide bonds. The predicted molar refractivity (Wildman–Crippen MR) is 43.9 cm³/mol. The Morgan fingerprint density at radius 3 is 2.62 bits per heavy atom. The van der Waals surface area contributed by atoms with E-state index >= 15 is 0 Å². The van der Waals surface area contributed by atoms with Crippen LogP contribution in [0, 0.1) is 0 Å². The van der Waals surface area contributed by atoms with Crippen molar-refractivity contribution in [1.82, 2.24) is 0 Å². The van der Waals surface area contributed by atoms with Crippen molar-refractivity contribution in [1.29, 1.82) is 0 Å². The zero-order chi connectivity index (χ0) is 6.04. The second kappa shape index (κ2) is 2.61. The molecule has 0 saturated carbocycles. The summed E-state index contributed by atoms with van der Waals surface area (Å²) in [5.74, 6) is 2.65. The van der Waals surface area contributed by atoms with Crippen molar-refractivity contribution >= 4 is 27.7 Å². The molecule has 48 valence electrons. The van der Waals surface area contributed by atoms with Crippen LogP contribution in [0.3, 0.4) is 0 Å². The van der Waals surface area contributed by atoms with Crippen LogP contribution in [0.5, 0.6) is 0 Å². The van der Waals surface area contributed by atoms with Crippen molar-refractivity contribution in [3.8, 4) is 0 Å². The zero-order valence-electron chi connectivity index (χ0n) is 5.11. The Balaban J connectivity index is 2.33. The minimum Gasteiger partial charge on any atom is -0.161 e. The molecule has 0 aliphatic carbocycles. The lowest BCUT2D eigenvalue weighted by Gasteiger charge is -2.26. The van der Waals surface area contributed by atoms with Gasteiger partial charge in [-0.15, -0.1) is 0 Å². The molecule has 1 rings (SSSR count). The van der Waals surface area contributed by atoms with Crippen LogP contribution in [0.25, 0.3) is 0 Å². The molecule has 0 N–H and O–H groups in total. The molecule has 0 nitrogen and oxygen atoms in total. The Hall–Kier alpha value is 0.830. The van der Waals surface area contributed by atoms with E-state index in [1.807, 2.05) is 0 Å². The van der Waals surface area contributed by atoms with Crippen molar-refractivity contribution in [3.05, 3.63) is 0 Å². The van der Waals surface area contributed by atoms with Gasteiger partial charge in [0.15, 0.2) is 0 Å². The predicted octanol–water partition coefficient (Wildman–Crippen LogP) is 2.67. The average molecular weight is 195 g/mol. The van der Waals surface area contributed by atoms with Crippen molar-refractivity contribution in [3.63, 3.8) is 0 Å². The van der Waals surface area contributed by atoms with E-state index in [0.717, 1.165) is 0 Å². The van der Waals surface area contributed by atoms with E-state index in [2.05, 4.69) is 34.6 Å². The summed E-state index contributed by atoms with van der Waals surface area (Å²) < 4.78 is 0.454. The molecule has 0 aromatic rings. The number of thioether (sulfide) groups is 1. The van der Waals surface area contributed by atoms with E-state index in [-0.39, 0.29) is 0 Å². The van der Waals surface area contributed by atoms with E-state index in [4.69, 9.17) is 0 Å². The van der Waals surface area contributed by atoms with Crippen molar-refractivity contribution in [2.45, 2.75) is 24.1 Å². The smallest absolute Gasteiger partial charge is 0.0320 e. The number of rotatable bonds is 0. The lowest BCUT2D eigenvalue weighted by Crippen LogP contribution is -2.23. The molecule has 1 aliphatic heterocycles. The van der Waals surface area contributed by atoms with E-state index in [9.17, 15) is 0 Å². The molecule has 0 bridgehead atoms. The SMILES string of the molecule is CC1(Br)CCCSC1. The van der Waals surface area contributed by atoms with E-state index in [1.54, 1.807) is 0 Å². The molecule has 0 aromatic heterocycles. The molecule has 1 fully saturated rings. The summed E-state index contributed by atoms with van der Waals surface area (Å²) in [6.45, 7) is 2.28. The summed E-state index contributed by atoms with van der Waals surface area (Å²) >= 11 is 5.73. The van der Waals surface area contributed by atoms with Crippen molar-refractivity contribution in [2.75, 3.05) is 11.5 Å². The van der Waals surface area contributed by atoms with Gasteiger partial charge in [0, 0.05) is 10.1 Å². The van der Waals surface area contributed by atoms with E-state index < -0.39 is 0 Å². The van der Waals surface area contributed by atoms with Crippen LogP contribution < -0.4 is 0 Å². The Morgan fingerprint density at radius 1 is 1.62 bits per heavy atom. The van der Waals surface area contributed by atoms with Crippen LogP contribution in [-0.4, -0.2) is 15.8 Å². The quantitative estimate of drug-likeness (QED) is 0.535. The van der Waals surface area contributed by atoms with Crippen LogP contribution in [-0.2, 0) is 0 Å². The lowest BCUT2D eigenvalue weighted by atomic mass is 10.1. The van der Waals surface area contributed by atoms with Gasteiger partial charge >= 0.3 is 0 Å². The highest BCUT2D eigenvalue weighted by Gasteiger charge is 2.22. The third-order valence-electron chi connectivity index (χ3n) is 1.39. The van der Waals surface area contributed by atoms with Gasteiger partial charge in [-0.05, 0) is 25.5 Å². The van der Waals surface area contributed by atoms with Crippen molar-refractivity contribution < 1.29 is 0 Å². The Labute approximate surface area is 63.5 Å². The highest BCUT2D eigenvalue weighted by molar-refractivity contribution is 9.10. The largest absolute Gasteiger partial charge is 0.161 e. The van der Waals surface area contributed by atoms with Gasteiger partial charge in [-0.2, -0.15) is 11.8 Å². The molecule has 1 unspecified atom stereocenters. The molecule has 1 saturated heterocycles. The molecular formula is C6H11BrS. The summed E-state index contributed by atoms with van der Waals surface area (Å²) in [7, 11) is 0. The zero-order valence-corrected chi connectivity index (χ0v) is 7.52. The first-order valence-corrected chi connectivity index (χ1v) is 4.92. The molecule has 0 spiro atoms. The van der Waals surface area contributed by atoms with Crippen molar-refractivity contribution in [2.24, 2.45) is 0 Å². The summed E-state index contributed by atoms with van der Waals surface area (Å²) in [4.78, 5) is 0. The summed E-state index contributed by atoms with van der Waals surface area (Å²) in [5, 5.41) is 0. The fraction of sp³-hybridized carbons (Fsp3) is 1.00. The maximum Gasteiger partial charge on any atom is 0.0320 e. The van der Waals surface area contributed by atoms with E-state index in [0.29, 0.717) is 4.32 Å². The highest BCUT2D eigenvalue weighted by Crippen LogP contribution is 2.33. The van der Waals surface area contributed by atoms with Crippen LogP contribution in [0.4, 0.5) is 0 Å². The lowest BCUT2D eigenvalue weighted by molar-refractivity contribution is 0.635. The number of hydrogen-bond acceptors (Lipinski definition) is 1. The first-order valence-electron chi connectivity index (χ1n) is 2.97. The molecule has 8 heavy (non-hydrogen) atoms. The summed E-state index contributed by atoms with van der Waals surface area (Å²) in [5.41, 5.74) is 0. The summed E-state index contributed by atoms with van der Waals surface area (Å²) in [6, 6.07) is 0. The van der Waals surface area contributed by atoms with Crippen LogP contribution >= 0.6 is 27.7 Å². The second-order valence-corrected chi connectivity index (χ2v) is 5.59. The first kappa shape index (κ1) is 6.94. The number of halogens is 1. The third-order valence-corrected chi connectivity index (χ3v) is 3.86. The fourth-order valence-electron chi connectivity index (χ4n) is 0.900. The molecular weight excluding hydrogens is 184 g/mol. The Bertz CT molecular complexity index is 72.6. The highest BCUT2D eigenvalue weighted by atomic mass is 79.9. The maximum absolute atomic E-state index is 3.67. The van der Waals surface area contributed by atoms with Gasteiger partial charge in [0.1, 0.15) is 0 Å². The van der Waals surface area contributed by atoms with Crippen LogP contribution in [0.1, 0.15) is 19.8 Å². The van der Waals surface area contributed by atoms with Crippen LogP contribution in [0.15, 0.2) is 0 Å². The average Bonchev–Trinajstić information content (AvgIpc) is 1.65. The first-order chi connectivity index (χ1) is 3.71. The Morgan fingerprint density at radius 2 is 2.38 bits per heavy atom. The van der Waals surface area contributed by atoms with Gasteiger partial charge in [-0.1, -0.05) is 15.9 Å². The Kier molecular flexibility index (Phi) is 2.27. The molecule has 1 atom stereocenters. The third kappa shape index (κ3) is 1.98. The van der Waals surface area contributed by atoms with Gasteiger partial charge in [-0.3, -0.25) is 0 Å². The maximum atomic E-state index is 3.67. The van der Waals surface area contributed by atoms with Crippen LogP contribution in [0.2, 0.25) is 0 Å². The normalized spacial score (nSPS) is 39.8. The standard InChI is InChI=1S/C6H11BrS/c1-6(7)3-2-4-8-5-6/h2-5H2,1H3. The molecule has 0 aromatic carbocycles. The summed E-state index contributed by atoms with van der Waals surface area (Å²) in [6.07, 6.45) is 2.73. The van der Waals surface area contributed by atoms with Gasteiger partial charge in [-0.25, -0.2) is 0 Å². The van der Waals surface area contributed by atoms with Gasteiger partial charge in [0.2, 0.25) is 0 Å². The number of alkyl halides is 1. The molecule has 1 heterocycles. The van der Waals surface area contributed by atoms with E-state index in [1.165, 1.54) is 24.3 Å². The van der Waals surface area contributed by atoms with Gasteiger partial charge in [0.25, 0.3) is 0 Å². The minimum atomic E-state index is 0.454. The minimum absolute atomic E-state index is 0.454.